The Balaban J connectivity index is 1.69. The van der Waals surface area contributed by atoms with Gasteiger partial charge in [0.25, 0.3) is 0 Å². The van der Waals surface area contributed by atoms with Crippen molar-refractivity contribution in [2.45, 2.75) is 0 Å². The fourth-order valence-corrected chi connectivity index (χ4v) is 3.20. The first kappa shape index (κ1) is 13.7. The van der Waals surface area contributed by atoms with Crippen LogP contribution in [0.15, 0.2) is 47.1 Å². The van der Waals surface area contributed by atoms with E-state index in [2.05, 4.69) is 55.0 Å². The molecule has 1 aliphatic heterocycles. The molecule has 2 aromatic rings. The molecule has 0 amide bonds. The van der Waals surface area contributed by atoms with E-state index in [1.54, 1.807) is 6.20 Å². The molecule has 1 aromatic carbocycles. The number of hydrogen-bond acceptors (Lipinski definition) is 3. The molecule has 0 spiro atoms. The van der Waals surface area contributed by atoms with Crippen molar-refractivity contribution in [1.82, 2.24) is 4.98 Å². The molecule has 104 valence electrons. The highest BCUT2D eigenvalue weighted by atomic mass is 79.9. The van der Waals surface area contributed by atoms with Crippen molar-refractivity contribution in [3.8, 4) is 0 Å². The average Bonchev–Trinajstić information content (AvgIpc) is 2.48. The molecule has 3 nitrogen and oxygen atoms in total. The third kappa shape index (κ3) is 2.91. The highest BCUT2D eigenvalue weighted by molar-refractivity contribution is 9.10. The molecule has 1 saturated heterocycles. The fourth-order valence-electron chi connectivity index (χ4n) is 2.46. The standard InChI is InChI=1S/C15H15BrClN3/c16-12-10-14(17)15(18-11-12)20-8-6-19(7-9-20)13-4-2-1-3-5-13/h1-5,10-11H,6-9H2. The number of benzene rings is 1. The van der Waals surface area contributed by atoms with E-state index in [1.165, 1.54) is 5.69 Å². The summed E-state index contributed by atoms with van der Waals surface area (Å²) in [5.74, 6) is 0.877. The Morgan fingerprint density at radius 2 is 1.65 bits per heavy atom. The fraction of sp³-hybridized carbons (Fsp3) is 0.267. The van der Waals surface area contributed by atoms with Gasteiger partial charge in [-0.05, 0) is 34.1 Å². The molecular formula is C15H15BrClN3. The van der Waals surface area contributed by atoms with Gasteiger partial charge in [0.15, 0.2) is 0 Å². The van der Waals surface area contributed by atoms with E-state index >= 15 is 0 Å². The second kappa shape index (κ2) is 6.02. The Morgan fingerprint density at radius 3 is 2.30 bits per heavy atom. The van der Waals surface area contributed by atoms with Crippen molar-refractivity contribution in [1.29, 1.82) is 0 Å². The van der Waals surface area contributed by atoms with Gasteiger partial charge in [0.1, 0.15) is 5.82 Å². The van der Waals surface area contributed by atoms with Crippen molar-refractivity contribution >= 4 is 39.0 Å². The normalized spacial score (nSPS) is 15.5. The molecule has 20 heavy (non-hydrogen) atoms. The first-order valence-electron chi connectivity index (χ1n) is 6.60. The van der Waals surface area contributed by atoms with Crippen LogP contribution in [0, 0.1) is 0 Å². The predicted octanol–water partition coefficient (Wildman–Crippen LogP) is 3.82. The molecule has 0 bridgehead atoms. The number of nitrogens with zero attached hydrogens (tertiary/aromatic N) is 3. The summed E-state index contributed by atoms with van der Waals surface area (Å²) in [5.41, 5.74) is 1.28. The average molecular weight is 353 g/mol. The number of halogens is 2. The molecule has 5 heteroatoms. The van der Waals surface area contributed by atoms with Gasteiger partial charge in [-0.2, -0.15) is 0 Å². The Hall–Kier alpha value is -1.26. The van der Waals surface area contributed by atoms with E-state index in [9.17, 15) is 0 Å². The number of para-hydroxylation sites is 1. The Kier molecular flexibility index (Phi) is 4.13. The Labute approximate surface area is 132 Å². The van der Waals surface area contributed by atoms with Crippen LogP contribution in [0.1, 0.15) is 0 Å². The first-order chi connectivity index (χ1) is 9.74. The number of hydrogen-bond donors (Lipinski definition) is 0. The smallest absolute Gasteiger partial charge is 0.147 e. The molecular weight excluding hydrogens is 338 g/mol. The van der Waals surface area contributed by atoms with Gasteiger partial charge < -0.3 is 9.80 Å². The van der Waals surface area contributed by atoms with Crippen LogP contribution in [-0.2, 0) is 0 Å². The molecule has 0 radical (unpaired) electrons. The third-order valence-corrected chi connectivity index (χ3v) is 4.20. The van der Waals surface area contributed by atoms with Crippen LogP contribution in [0.4, 0.5) is 11.5 Å². The van der Waals surface area contributed by atoms with Gasteiger partial charge in [-0.3, -0.25) is 0 Å². The Morgan fingerprint density at radius 1 is 1.00 bits per heavy atom. The van der Waals surface area contributed by atoms with Crippen molar-refractivity contribution < 1.29 is 0 Å². The van der Waals surface area contributed by atoms with E-state index in [0.717, 1.165) is 36.5 Å². The highest BCUT2D eigenvalue weighted by Crippen LogP contribution is 2.27. The summed E-state index contributed by atoms with van der Waals surface area (Å²) >= 11 is 9.66. The maximum Gasteiger partial charge on any atom is 0.147 e. The van der Waals surface area contributed by atoms with Crippen molar-refractivity contribution in [2.75, 3.05) is 36.0 Å². The zero-order valence-corrected chi connectivity index (χ0v) is 13.3. The van der Waals surface area contributed by atoms with Crippen LogP contribution < -0.4 is 9.80 Å². The number of pyridine rings is 1. The zero-order chi connectivity index (χ0) is 13.9. The van der Waals surface area contributed by atoms with E-state index in [-0.39, 0.29) is 0 Å². The lowest BCUT2D eigenvalue weighted by Gasteiger charge is -2.37. The van der Waals surface area contributed by atoms with Crippen molar-refractivity contribution in [2.24, 2.45) is 0 Å². The maximum absolute atomic E-state index is 6.27. The van der Waals surface area contributed by atoms with Gasteiger partial charge in [0.2, 0.25) is 0 Å². The summed E-state index contributed by atoms with van der Waals surface area (Å²) in [6.45, 7) is 3.84. The van der Waals surface area contributed by atoms with E-state index in [4.69, 9.17) is 11.6 Å². The minimum atomic E-state index is 0.701. The largest absolute Gasteiger partial charge is 0.368 e. The molecule has 1 aliphatic rings. The van der Waals surface area contributed by atoms with Crippen molar-refractivity contribution in [3.05, 3.63) is 52.1 Å². The molecule has 0 saturated carbocycles. The van der Waals surface area contributed by atoms with Gasteiger partial charge in [0, 0.05) is 42.5 Å². The van der Waals surface area contributed by atoms with E-state index in [0.29, 0.717) is 5.02 Å². The van der Waals surface area contributed by atoms with Gasteiger partial charge in [-0.15, -0.1) is 0 Å². The zero-order valence-electron chi connectivity index (χ0n) is 11.0. The molecule has 3 rings (SSSR count). The quantitative estimate of drug-likeness (QED) is 0.819. The Bertz CT molecular complexity index is 583. The van der Waals surface area contributed by atoms with Gasteiger partial charge >= 0.3 is 0 Å². The molecule has 0 N–H and O–H groups in total. The lowest BCUT2D eigenvalue weighted by molar-refractivity contribution is 0.647. The van der Waals surface area contributed by atoms with Gasteiger partial charge in [-0.25, -0.2) is 4.98 Å². The highest BCUT2D eigenvalue weighted by Gasteiger charge is 2.20. The molecule has 0 unspecified atom stereocenters. The molecule has 1 aromatic heterocycles. The van der Waals surface area contributed by atoms with Crippen LogP contribution in [0.25, 0.3) is 0 Å². The second-order valence-corrected chi connectivity index (χ2v) is 6.09. The molecule has 2 heterocycles. The second-order valence-electron chi connectivity index (χ2n) is 4.77. The lowest BCUT2D eigenvalue weighted by atomic mass is 10.2. The minimum absolute atomic E-state index is 0.701. The summed E-state index contributed by atoms with van der Waals surface area (Å²) < 4.78 is 0.911. The maximum atomic E-state index is 6.27. The molecule has 1 fully saturated rings. The van der Waals surface area contributed by atoms with Crippen LogP contribution in [0.3, 0.4) is 0 Å². The number of anilines is 2. The van der Waals surface area contributed by atoms with Crippen molar-refractivity contribution in [3.63, 3.8) is 0 Å². The molecule has 0 atom stereocenters. The monoisotopic (exact) mass is 351 g/mol. The topological polar surface area (TPSA) is 19.4 Å². The summed E-state index contributed by atoms with van der Waals surface area (Å²) in [6, 6.07) is 12.4. The van der Waals surface area contributed by atoms with Gasteiger partial charge in [0.05, 0.1) is 5.02 Å². The number of rotatable bonds is 2. The van der Waals surface area contributed by atoms with Gasteiger partial charge in [-0.1, -0.05) is 29.8 Å². The minimum Gasteiger partial charge on any atom is -0.368 e. The summed E-state index contributed by atoms with van der Waals surface area (Å²) in [7, 11) is 0. The van der Waals surface area contributed by atoms with Crippen LogP contribution in [0.2, 0.25) is 5.02 Å². The SMILES string of the molecule is Clc1cc(Br)cnc1N1CCN(c2ccccc2)CC1. The van der Waals surface area contributed by atoms with Crippen LogP contribution in [0.5, 0.6) is 0 Å². The summed E-state index contributed by atoms with van der Waals surface area (Å²) in [5, 5.41) is 0.701. The summed E-state index contributed by atoms with van der Waals surface area (Å²) in [6.07, 6.45) is 1.80. The van der Waals surface area contributed by atoms with E-state index < -0.39 is 0 Å². The summed E-state index contributed by atoms with van der Waals surface area (Å²) in [4.78, 5) is 9.06. The first-order valence-corrected chi connectivity index (χ1v) is 7.77. The van der Waals surface area contributed by atoms with Crippen LogP contribution in [-0.4, -0.2) is 31.2 Å². The third-order valence-electron chi connectivity index (χ3n) is 3.49. The lowest BCUT2D eigenvalue weighted by Crippen LogP contribution is -2.46. The predicted molar refractivity (Wildman–Crippen MR) is 87.8 cm³/mol. The van der Waals surface area contributed by atoms with Crippen LogP contribution >= 0.6 is 27.5 Å². The van der Waals surface area contributed by atoms with E-state index in [1.807, 2.05) is 12.1 Å². The number of piperazine rings is 1. The number of aromatic nitrogens is 1. The molecule has 0 aliphatic carbocycles.